The van der Waals surface area contributed by atoms with Gasteiger partial charge in [0.05, 0.1) is 0 Å². The van der Waals surface area contributed by atoms with Crippen LogP contribution >= 0.6 is 15.9 Å². The van der Waals surface area contributed by atoms with E-state index in [0.717, 1.165) is 21.5 Å². The van der Waals surface area contributed by atoms with Crippen molar-refractivity contribution >= 4 is 15.9 Å². The van der Waals surface area contributed by atoms with E-state index in [-0.39, 0.29) is 5.82 Å². The smallest absolute Gasteiger partial charge is 0.123 e. The summed E-state index contributed by atoms with van der Waals surface area (Å²) in [4.78, 5) is 0. The lowest BCUT2D eigenvalue weighted by molar-refractivity contribution is 0.627. The average molecular weight is 268 g/mol. The molecule has 0 aliphatic carbocycles. The van der Waals surface area contributed by atoms with E-state index in [1.165, 1.54) is 12.1 Å². The fraction of sp³-hybridized carbons (Fsp3) is 0.167. The predicted molar refractivity (Wildman–Crippen MR) is 62.9 cm³/mol. The molecule has 0 amide bonds. The lowest BCUT2D eigenvalue weighted by Gasteiger charge is -2.08. The lowest BCUT2D eigenvalue weighted by atomic mass is 10.3. The summed E-state index contributed by atoms with van der Waals surface area (Å²) in [6, 6.07) is 8.56. The molecule has 0 saturated carbocycles. The van der Waals surface area contributed by atoms with Crippen LogP contribution in [-0.2, 0) is 0 Å². The highest BCUT2D eigenvalue weighted by molar-refractivity contribution is 9.10. The molecule has 0 spiro atoms. The molecule has 2 rings (SSSR count). The zero-order valence-corrected chi connectivity index (χ0v) is 10.2. The number of halogens is 2. The summed E-state index contributed by atoms with van der Waals surface area (Å²) < 4.78 is 16.0. The van der Waals surface area contributed by atoms with Crippen molar-refractivity contribution in [3.8, 4) is 5.69 Å². The number of nitrogens with zero attached hydrogens (tertiary/aromatic N) is 1. The zero-order valence-electron chi connectivity index (χ0n) is 8.59. The van der Waals surface area contributed by atoms with Crippen LogP contribution in [0, 0.1) is 19.7 Å². The molecule has 0 aliphatic rings. The van der Waals surface area contributed by atoms with Crippen molar-refractivity contribution in [3.05, 3.63) is 52.0 Å². The highest BCUT2D eigenvalue weighted by Crippen LogP contribution is 2.24. The largest absolute Gasteiger partial charge is 0.317 e. The van der Waals surface area contributed by atoms with Crippen LogP contribution in [0.1, 0.15) is 11.4 Å². The van der Waals surface area contributed by atoms with Gasteiger partial charge in [0, 0.05) is 21.5 Å². The molecule has 1 nitrogen and oxygen atoms in total. The van der Waals surface area contributed by atoms with Gasteiger partial charge < -0.3 is 4.57 Å². The highest BCUT2D eigenvalue weighted by atomic mass is 79.9. The summed E-state index contributed by atoms with van der Waals surface area (Å²) in [5.41, 5.74) is 3.24. The SMILES string of the molecule is Cc1cc(Br)c(C)n1-c1ccc(F)cc1. The van der Waals surface area contributed by atoms with Crippen LogP contribution in [0.4, 0.5) is 4.39 Å². The number of rotatable bonds is 1. The van der Waals surface area contributed by atoms with E-state index in [2.05, 4.69) is 26.6 Å². The third kappa shape index (κ3) is 1.84. The van der Waals surface area contributed by atoms with Gasteiger partial charge in [-0.25, -0.2) is 4.39 Å². The van der Waals surface area contributed by atoms with E-state index in [0.29, 0.717) is 0 Å². The molecule has 2 aromatic rings. The Labute approximate surface area is 96.7 Å². The molecule has 0 saturated heterocycles. The number of benzene rings is 1. The van der Waals surface area contributed by atoms with Crippen LogP contribution in [-0.4, -0.2) is 4.57 Å². The first kappa shape index (κ1) is 10.4. The van der Waals surface area contributed by atoms with Gasteiger partial charge in [-0.15, -0.1) is 0 Å². The molecule has 1 aromatic heterocycles. The van der Waals surface area contributed by atoms with Gasteiger partial charge in [-0.05, 0) is 60.1 Å². The standard InChI is InChI=1S/C12H11BrFN/c1-8-7-12(13)9(2)15(8)11-5-3-10(14)4-6-11/h3-7H,1-2H3. The van der Waals surface area contributed by atoms with Gasteiger partial charge in [-0.1, -0.05) is 0 Å². The minimum absolute atomic E-state index is 0.208. The van der Waals surface area contributed by atoms with E-state index in [1.807, 2.05) is 13.8 Å². The second kappa shape index (κ2) is 3.81. The molecule has 0 bridgehead atoms. The first-order valence-electron chi connectivity index (χ1n) is 4.70. The van der Waals surface area contributed by atoms with Crippen molar-refractivity contribution < 1.29 is 4.39 Å². The Balaban J connectivity index is 2.58. The Morgan fingerprint density at radius 1 is 1.13 bits per heavy atom. The molecule has 3 heteroatoms. The number of hydrogen-bond donors (Lipinski definition) is 0. The fourth-order valence-corrected chi connectivity index (χ4v) is 2.22. The van der Waals surface area contributed by atoms with Crippen molar-refractivity contribution in [1.29, 1.82) is 0 Å². The Bertz CT molecular complexity index is 485. The zero-order chi connectivity index (χ0) is 11.0. The van der Waals surface area contributed by atoms with Gasteiger partial charge >= 0.3 is 0 Å². The summed E-state index contributed by atoms with van der Waals surface area (Å²) in [6.07, 6.45) is 0. The topological polar surface area (TPSA) is 4.93 Å². The van der Waals surface area contributed by atoms with Crippen molar-refractivity contribution in [3.63, 3.8) is 0 Å². The number of aryl methyl sites for hydroxylation is 1. The molecule has 1 aromatic carbocycles. The van der Waals surface area contributed by atoms with Gasteiger partial charge in [0.2, 0.25) is 0 Å². The minimum Gasteiger partial charge on any atom is -0.317 e. The maximum atomic E-state index is 12.8. The normalized spacial score (nSPS) is 10.7. The Hall–Kier alpha value is -1.09. The van der Waals surface area contributed by atoms with Gasteiger partial charge in [0.1, 0.15) is 5.82 Å². The lowest BCUT2D eigenvalue weighted by Crippen LogP contribution is -1.98. The van der Waals surface area contributed by atoms with Crippen molar-refractivity contribution in [1.82, 2.24) is 4.57 Å². The van der Waals surface area contributed by atoms with E-state index >= 15 is 0 Å². The maximum absolute atomic E-state index is 12.8. The Morgan fingerprint density at radius 2 is 1.73 bits per heavy atom. The predicted octanol–water partition coefficient (Wildman–Crippen LogP) is 4.00. The monoisotopic (exact) mass is 267 g/mol. The summed E-state index contributed by atoms with van der Waals surface area (Å²) in [6.45, 7) is 4.06. The first-order valence-corrected chi connectivity index (χ1v) is 5.49. The first-order chi connectivity index (χ1) is 7.09. The average Bonchev–Trinajstić information content (AvgIpc) is 2.44. The molecule has 78 valence electrons. The van der Waals surface area contributed by atoms with Crippen molar-refractivity contribution in [2.75, 3.05) is 0 Å². The second-order valence-electron chi connectivity index (χ2n) is 3.53. The van der Waals surface area contributed by atoms with E-state index in [4.69, 9.17) is 0 Å². The minimum atomic E-state index is -0.208. The molecule has 0 unspecified atom stereocenters. The van der Waals surface area contributed by atoms with E-state index in [1.54, 1.807) is 12.1 Å². The molecule has 0 aliphatic heterocycles. The Kier molecular flexibility index (Phi) is 2.65. The Morgan fingerprint density at radius 3 is 2.20 bits per heavy atom. The summed E-state index contributed by atoms with van der Waals surface area (Å²) >= 11 is 3.48. The van der Waals surface area contributed by atoms with Crippen LogP contribution in [0.15, 0.2) is 34.8 Å². The highest BCUT2D eigenvalue weighted by Gasteiger charge is 2.08. The van der Waals surface area contributed by atoms with Crippen molar-refractivity contribution in [2.45, 2.75) is 13.8 Å². The molecule has 15 heavy (non-hydrogen) atoms. The summed E-state index contributed by atoms with van der Waals surface area (Å²) in [5.74, 6) is -0.208. The third-order valence-electron chi connectivity index (χ3n) is 2.45. The molecule has 1 heterocycles. The molecular weight excluding hydrogens is 257 g/mol. The van der Waals surface area contributed by atoms with E-state index in [9.17, 15) is 4.39 Å². The van der Waals surface area contributed by atoms with Crippen LogP contribution in [0.5, 0.6) is 0 Å². The van der Waals surface area contributed by atoms with Gasteiger partial charge in [0.25, 0.3) is 0 Å². The van der Waals surface area contributed by atoms with Gasteiger partial charge in [0.15, 0.2) is 0 Å². The van der Waals surface area contributed by atoms with Crippen LogP contribution in [0.2, 0.25) is 0 Å². The molecule has 0 atom stereocenters. The van der Waals surface area contributed by atoms with E-state index < -0.39 is 0 Å². The quantitative estimate of drug-likeness (QED) is 0.736. The third-order valence-corrected chi connectivity index (χ3v) is 3.26. The fourth-order valence-electron chi connectivity index (χ4n) is 1.71. The van der Waals surface area contributed by atoms with Gasteiger partial charge in [-0.2, -0.15) is 0 Å². The molecule has 0 N–H and O–H groups in total. The van der Waals surface area contributed by atoms with Crippen LogP contribution in [0.3, 0.4) is 0 Å². The van der Waals surface area contributed by atoms with Crippen LogP contribution in [0.25, 0.3) is 5.69 Å². The molecule has 0 fully saturated rings. The maximum Gasteiger partial charge on any atom is 0.123 e. The van der Waals surface area contributed by atoms with Crippen molar-refractivity contribution in [2.24, 2.45) is 0 Å². The van der Waals surface area contributed by atoms with Crippen LogP contribution < -0.4 is 0 Å². The number of aromatic nitrogens is 1. The molecule has 0 radical (unpaired) electrons. The summed E-state index contributed by atoms with van der Waals surface area (Å²) in [5, 5.41) is 0. The molecular formula is C12H11BrFN. The summed E-state index contributed by atoms with van der Waals surface area (Å²) in [7, 11) is 0. The second-order valence-corrected chi connectivity index (χ2v) is 4.39. The number of hydrogen-bond acceptors (Lipinski definition) is 0. The van der Waals surface area contributed by atoms with Gasteiger partial charge in [-0.3, -0.25) is 0 Å².